The molecule has 1 unspecified atom stereocenters. The van der Waals surface area contributed by atoms with Crippen molar-refractivity contribution in [2.45, 2.75) is 69.7 Å². The molecule has 1 amide bonds. The van der Waals surface area contributed by atoms with Gasteiger partial charge < -0.3 is 14.2 Å². The van der Waals surface area contributed by atoms with Gasteiger partial charge in [0.2, 0.25) is 0 Å². The molecule has 0 bridgehead atoms. The number of rotatable bonds is 6. The smallest absolute Gasteiger partial charge is 0.419 e. The van der Waals surface area contributed by atoms with E-state index in [-0.39, 0.29) is 18.7 Å². The van der Waals surface area contributed by atoms with Crippen LogP contribution in [0.3, 0.4) is 0 Å². The summed E-state index contributed by atoms with van der Waals surface area (Å²) in [7, 11) is 0. The van der Waals surface area contributed by atoms with Crippen molar-refractivity contribution in [1.29, 1.82) is 0 Å². The summed E-state index contributed by atoms with van der Waals surface area (Å²) >= 11 is -2.65. The highest BCUT2D eigenvalue weighted by Crippen LogP contribution is 2.50. The number of nitrogens with zero attached hydrogens (tertiary/aromatic N) is 2. The third-order valence-electron chi connectivity index (χ3n) is 5.85. The van der Waals surface area contributed by atoms with Crippen LogP contribution in [0.15, 0.2) is 18.2 Å². The van der Waals surface area contributed by atoms with Crippen LogP contribution in [0.5, 0.6) is 0 Å². The summed E-state index contributed by atoms with van der Waals surface area (Å²) in [6.07, 6.45) is -3.09. The highest BCUT2D eigenvalue weighted by atomic mass is 32.2. The number of amides is 1. The molecule has 1 aromatic rings. The second-order valence-corrected chi connectivity index (χ2v) is 10.4. The molecule has 1 aliphatic heterocycles. The first kappa shape index (κ1) is 24.9. The Morgan fingerprint density at radius 1 is 1.31 bits per heavy atom. The maximum absolute atomic E-state index is 13.7. The fraction of sp³-hybridized carbons (Fsp3) is 0.667. The van der Waals surface area contributed by atoms with E-state index in [4.69, 9.17) is 4.74 Å². The molecule has 2 fully saturated rings. The van der Waals surface area contributed by atoms with Gasteiger partial charge in [-0.25, -0.2) is 13.5 Å². The van der Waals surface area contributed by atoms with Crippen molar-refractivity contribution in [2.75, 3.05) is 19.6 Å². The summed E-state index contributed by atoms with van der Waals surface area (Å²) in [6.45, 7) is 5.64. The van der Waals surface area contributed by atoms with Crippen LogP contribution >= 0.6 is 0 Å². The van der Waals surface area contributed by atoms with Crippen molar-refractivity contribution in [3.05, 3.63) is 35.1 Å². The molecule has 0 radical (unpaired) electrons. The van der Waals surface area contributed by atoms with Gasteiger partial charge in [-0.3, -0.25) is 4.21 Å². The lowest BCUT2D eigenvalue weighted by Crippen LogP contribution is -2.47. The van der Waals surface area contributed by atoms with Crippen molar-refractivity contribution in [3.8, 4) is 0 Å². The van der Waals surface area contributed by atoms with Crippen LogP contribution in [0.25, 0.3) is 0 Å². The minimum atomic E-state index is -4.84. The molecular formula is C21H27F4N2O4S-. The minimum Gasteiger partial charge on any atom is -0.760 e. The highest BCUT2D eigenvalue weighted by molar-refractivity contribution is 7.76. The van der Waals surface area contributed by atoms with Gasteiger partial charge in [0.25, 0.3) is 0 Å². The van der Waals surface area contributed by atoms with Crippen LogP contribution in [-0.2, 0) is 27.6 Å². The Bertz CT molecular complexity index is 884. The maximum atomic E-state index is 13.7. The molecule has 0 spiro atoms. The Labute approximate surface area is 187 Å². The Balaban J connectivity index is 1.76. The van der Waals surface area contributed by atoms with Crippen molar-refractivity contribution in [1.82, 2.24) is 9.21 Å². The average Bonchev–Trinajstić information content (AvgIpc) is 3.27. The van der Waals surface area contributed by atoms with Gasteiger partial charge in [0.15, 0.2) is 0 Å². The third kappa shape index (κ3) is 5.79. The quantitative estimate of drug-likeness (QED) is 0.449. The highest BCUT2D eigenvalue weighted by Gasteiger charge is 2.48. The molecular weight excluding hydrogens is 452 g/mol. The van der Waals surface area contributed by atoms with Gasteiger partial charge in [0, 0.05) is 42.4 Å². The molecule has 2 atom stereocenters. The molecule has 0 N–H and O–H groups in total. The van der Waals surface area contributed by atoms with E-state index < -0.39 is 52.0 Å². The van der Waals surface area contributed by atoms with E-state index in [9.17, 15) is 31.1 Å². The Morgan fingerprint density at radius 3 is 2.50 bits per heavy atom. The summed E-state index contributed by atoms with van der Waals surface area (Å²) in [6, 6.07) is 2.44. The zero-order valence-electron chi connectivity index (χ0n) is 18.2. The van der Waals surface area contributed by atoms with E-state index in [1.54, 1.807) is 20.8 Å². The molecule has 32 heavy (non-hydrogen) atoms. The normalized spacial score (nSPS) is 21.7. The first-order valence-electron chi connectivity index (χ1n) is 10.4. The van der Waals surface area contributed by atoms with Gasteiger partial charge in [-0.1, -0.05) is 6.07 Å². The van der Waals surface area contributed by atoms with Crippen LogP contribution in [-0.4, -0.2) is 55.3 Å². The second-order valence-electron chi connectivity index (χ2n) is 9.48. The summed E-state index contributed by atoms with van der Waals surface area (Å²) in [5.41, 5.74) is -2.59. The van der Waals surface area contributed by atoms with Gasteiger partial charge in [0.1, 0.15) is 11.4 Å². The Hall–Kier alpha value is -1.72. The van der Waals surface area contributed by atoms with Crippen molar-refractivity contribution >= 4 is 17.4 Å². The lowest BCUT2D eigenvalue weighted by molar-refractivity contribution is -0.140. The van der Waals surface area contributed by atoms with E-state index in [1.165, 1.54) is 11.0 Å². The molecule has 1 heterocycles. The Morgan fingerprint density at radius 2 is 1.97 bits per heavy atom. The van der Waals surface area contributed by atoms with E-state index in [0.717, 1.165) is 16.4 Å². The first-order chi connectivity index (χ1) is 14.7. The maximum Gasteiger partial charge on any atom is 0.419 e. The van der Waals surface area contributed by atoms with E-state index in [1.807, 2.05) is 0 Å². The van der Waals surface area contributed by atoms with Gasteiger partial charge in [-0.15, -0.1) is 0 Å². The Kier molecular flexibility index (Phi) is 6.93. The third-order valence-corrected chi connectivity index (χ3v) is 6.55. The SMILES string of the molecule is CC(C)(C)OC(=O)N1CCC[C@H]1CN(CC1(c2ccc(F)c(C(F)(F)F)c2)CC1)S(=O)[O-]. The zero-order valence-corrected chi connectivity index (χ0v) is 19.0. The van der Waals surface area contributed by atoms with Crippen LogP contribution in [0.2, 0.25) is 0 Å². The molecule has 3 rings (SSSR count). The summed E-state index contributed by atoms with van der Waals surface area (Å²) in [5, 5.41) is 0. The van der Waals surface area contributed by atoms with E-state index in [2.05, 4.69) is 0 Å². The number of alkyl halides is 3. The van der Waals surface area contributed by atoms with Gasteiger partial charge in [0.05, 0.1) is 5.56 Å². The number of ether oxygens (including phenoxy) is 1. The van der Waals surface area contributed by atoms with Crippen molar-refractivity contribution in [2.24, 2.45) is 0 Å². The monoisotopic (exact) mass is 479 g/mol. The molecule has 1 saturated heterocycles. The molecule has 11 heteroatoms. The second kappa shape index (κ2) is 8.90. The zero-order chi connectivity index (χ0) is 23.9. The van der Waals surface area contributed by atoms with E-state index >= 15 is 0 Å². The number of carbonyl (C=O) groups is 1. The number of carbonyl (C=O) groups excluding carboxylic acids is 1. The lowest BCUT2D eigenvalue weighted by Gasteiger charge is -2.34. The molecule has 1 saturated carbocycles. The fourth-order valence-electron chi connectivity index (χ4n) is 4.10. The molecule has 1 aliphatic carbocycles. The van der Waals surface area contributed by atoms with Crippen LogP contribution in [0, 0.1) is 5.82 Å². The van der Waals surface area contributed by atoms with Gasteiger partial charge in [-0.05, 0) is 64.2 Å². The summed E-state index contributed by atoms with van der Waals surface area (Å²) < 4.78 is 83.6. The van der Waals surface area contributed by atoms with Crippen LogP contribution in [0.1, 0.15) is 57.6 Å². The van der Waals surface area contributed by atoms with Crippen LogP contribution in [0.4, 0.5) is 22.4 Å². The number of likely N-dealkylation sites (tertiary alicyclic amines) is 1. The number of benzene rings is 1. The van der Waals surface area contributed by atoms with Crippen molar-refractivity contribution in [3.63, 3.8) is 0 Å². The molecule has 2 aliphatic rings. The standard InChI is InChI=1S/C21H28F4N2O4S/c1-19(2,3)31-18(28)27-10-4-5-15(27)12-26(32(29)30)13-20(8-9-20)14-6-7-17(22)16(11-14)21(23,24)25/h6-7,11,15H,4-5,8-10,12-13H2,1-3H3,(H,29,30)/p-1/t15-/m0/s1. The number of halogens is 4. The average molecular weight is 480 g/mol. The van der Waals surface area contributed by atoms with Crippen LogP contribution < -0.4 is 0 Å². The summed E-state index contributed by atoms with van der Waals surface area (Å²) in [5.74, 6) is -1.36. The predicted octanol–water partition coefficient (Wildman–Crippen LogP) is 4.37. The van der Waals surface area contributed by atoms with Crippen molar-refractivity contribution < 1.29 is 35.9 Å². The largest absolute Gasteiger partial charge is 0.760 e. The minimum absolute atomic E-state index is 0.0183. The topological polar surface area (TPSA) is 72.9 Å². The molecule has 6 nitrogen and oxygen atoms in total. The first-order valence-corrected chi connectivity index (χ1v) is 11.5. The summed E-state index contributed by atoms with van der Waals surface area (Å²) in [4.78, 5) is 14.0. The van der Waals surface area contributed by atoms with E-state index in [0.29, 0.717) is 32.2 Å². The lowest BCUT2D eigenvalue weighted by atomic mass is 9.93. The number of hydrogen-bond donors (Lipinski definition) is 0. The molecule has 0 aromatic heterocycles. The predicted molar refractivity (Wildman–Crippen MR) is 109 cm³/mol. The molecule has 1 aromatic carbocycles. The fourth-order valence-corrected chi connectivity index (χ4v) is 4.74. The van der Waals surface area contributed by atoms with Gasteiger partial charge >= 0.3 is 12.3 Å². The van der Waals surface area contributed by atoms with Gasteiger partial charge in [-0.2, -0.15) is 13.2 Å². The number of hydrogen-bond acceptors (Lipinski definition) is 4. The molecule has 180 valence electrons.